The van der Waals surface area contributed by atoms with Crippen LogP contribution in [-0.2, 0) is 4.79 Å². The average molecular weight is 214 g/mol. The minimum atomic E-state index is 0.303. The molecule has 0 spiro atoms. The van der Waals surface area contributed by atoms with Gasteiger partial charge in [0, 0.05) is 12.8 Å². The van der Waals surface area contributed by atoms with Crippen molar-refractivity contribution in [3.63, 3.8) is 0 Å². The van der Waals surface area contributed by atoms with Gasteiger partial charge in [-0.2, -0.15) is 0 Å². The van der Waals surface area contributed by atoms with Crippen LogP contribution in [0, 0.1) is 11.3 Å². The molecule has 3 rings (SSSR count). The highest BCUT2D eigenvalue weighted by molar-refractivity contribution is 5.81. The second-order valence-corrected chi connectivity index (χ2v) is 5.73. The van der Waals surface area contributed by atoms with Crippen molar-refractivity contribution < 1.29 is 4.79 Å². The third-order valence-electron chi connectivity index (χ3n) is 4.49. The molecule has 1 heteroatoms. The minimum absolute atomic E-state index is 0.303. The van der Waals surface area contributed by atoms with E-state index >= 15 is 0 Å². The molecule has 16 heavy (non-hydrogen) atoms. The zero-order valence-corrected chi connectivity index (χ0v) is 9.78. The molecule has 84 valence electrons. The van der Waals surface area contributed by atoms with Crippen molar-refractivity contribution in [3.05, 3.63) is 35.9 Å². The Bertz CT molecular complexity index is 409. The van der Waals surface area contributed by atoms with Crippen LogP contribution in [0.3, 0.4) is 0 Å². The van der Waals surface area contributed by atoms with E-state index in [9.17, 15) is 4.79 Å². The van der Waals surface area contributed by atoms with E-state index in [0.717, 1.165) is 31.1 Å². The molecule has 1 nitrogen and oxygen atoms in total. The van der Waals surface area contributed by atoms with Gasteiger partial charge in [0.05, 0.1) is 0 Å². The highest BCUT2D eigenvalue weighted by atomic mass is 16.1. The SMILES string of the molecule is CC1(C2CC2c2ccccc2)CCC(=O)C1. The van der Waals surface area contributed by atoms with Crippen LogP contribution in [0.1, 0.15) is 44.1 Å². The molecule has 2 fully saturated rings. The van der Waals surface area contributed by atoms with Gasteiger partial charge in [-0.3, -0.25) is 4.79 Å². The lowest BCUT2D eigenvalue weighted by molar-refractivity contribution is -0.118. The second-order valence-electron chi connectivity index (χ2n) is 5.73. The molecule has 0 saturated heterocycles. The lowest BCUT2D eigenvalue weighted by Crippen LogP contribution is -2.15. The van der Waals surface area contributed by atoms with Crippen LogP contribution in [0.2, 0.25) is 0 Å². The summed E-state index contributed by atoms with van der Waals surface area (Å²) in [6.45, 7) is 2.31. The van der Waals surface area contributed by atoms with Gasteiger partial charge < -0.3 is 0 Å². The Morgan fingerprint density at radius 2 is 2.00 bits per heavy atom. The lowest BCUT2D eigenvalue weighted by Gasteiger charge is -2.22. The van der Waals surface area contributed by atoms with Crippen LogP contribution >= 0.6 is 0 Å². The molecule has 0 aliphatic heterocycles. The number of benzene rings is 1. The molecule has 0 radical (unpaired) electrons. The van der Waals surface area contributed by atoms with Crippen molar-refractivity contribution in [2.24, 2.45) is 11.3 Å². The predicted octanol–water partition coefficient (Wildman–Crippen LogP) is 3.55. The predicted molar refractivity (Wildman–Crippen MR) is 64.3 cm³/mol. The summed E-state index contributed by atoms with van der Waals surface area (Å²) in [6, 6.07) is 10.8. The zero-order chi connectivity index (χ0) is 11.2. The molecule has 3 atom stereocenters. The van der Waals surface area contributed by atoms with E-state index in [4.69, 9.17) is 0 Å². The molecule has 1 aromatic carbocycles. The van der Waals surface area contributed by atoms with E-state index in [0.29, 0.717) is 11.2 Å². The van der Waals surface area contributed by atoms with Gasteiger partial charge in [-0.25, -0.2) is 0 Å². The van der Waals surface area contributed by atoms with Gasteiger partial charge >= 0.3 is 0 Å². The van der Waals surface area contributed by atoms with E-state index in [1.54, 1.807) is 0 Å². The quantitative estimate of drug-likeness (QED) is 0.735. The number of hydrogen-bond acceptors (Lipinski definition) is 1. The summed E-state index contributed by atoms with van der Waals surface area (Å²) in [5, 5.41) is 0. The molecule has 2 saturated carbocycles. The van der Waals surface area contributed by atoms with Gasteiger partial charge in [-0.15, -0.1) is 0 Å². The van der Waals surface area contributed by atoms with Crippen LogP contribution in [0.4, 0.5) is 0 Å². The summed E-state index contributed by atoms with van der Waals surface area (Å²) in [5.74, 6) is 1.94. The molecular weight excluding hydrogens is 196 g/mol. The van der Waals surface area contributed by atoms with Crippen molar-refractivity contribution in [1.29, 1.82) is 0 Å². The molecule has 1 aromatic rings. The van der Waals surface area contributed by atoms with Crippen LogP contribution in [0.15, 0.2) is 30.3 Å². The maximum absolute atomic E-state index is 11.4. The summed E-state index contributed by atoms with van der Waals surface area (Å²) < 4.78 is 0. The topological polar surface area (TPSA) is 17.1 Å². The van der Waals surface area contributed by atoms with Gasteiger partial charge in [0.2, 0.25) is 0 Å². The highest BCUT2D eigenvalue weighted by Crippen LogP contribution is 2.61. The first-order chi connectivity index (χ1) is 7.69. The van der Waals surface area contributed by atoms with E-state index in [1.807, 2.05) is 0 Å². The van der Waals surface area contributed by atoms with Crippen LogP contribution in [0.5, 0.6) is 0 Å². The molecule has 2 aliphatic carbocycles. The molecule has 0 amide bonds. The fraction of sp³-hybridized carbons (Fsp3) is 0.533. The van der Waals surface area contributed by atoms with E-state index in [2.05, 4.69) is 37.3 Å². The average Bonchev–Trinajstić information content (AvgIpc) is 3.02. The summed E-state index contributed by atoms with van der Waals surface area (Å²) in [5.41, 5.74) is 1.77. The first kappa shape index (κ1) is 10.1. The highest BCUT2D eigenvalue weighted by Gasteiger charge is 2.52. The van der Waals surface area contributed by atoms with Gasteiger partial charge in [-0.05, 0) is 35.7 Å². The van der Waals surface area contributed by atoms with E-state index < -0.39 is 0 Å². The summed E-state index contributed by atoms with van der Waals surface area (Å²) in [7, 11) is 0. The first-order valence-electron chi connectivity index (χ1n) is 6.26. The molecule has 2 aliphatic rings. The Morgan fingerprint density at radius 3 is 2.62 bits per heavy atom. The third-order valence-corrected chi connectivity index (χ3v) is 4.49. The number of ketones is 1. The summed E-state index contributed by atoms with van der Waals surface area (Å²) in [6.07, 6.45) is 4.03. The monoisotopic (exact) mass is 214 g/mol. The molecule has 0 aromatic heterocycles. The fourth-order valence-corrected chi connectivity index (χ4v) is 3.40. The number of carbonyl (C=O) groups excluding carboxylic acids is 1. The Kier molecular flexibility index (Phi) is 2.17. The van der Waals surface area contributed by atoms with Gasteiger partial charge in [0.1, 0.15) is 5.78 Å². The Labute approximate surface area is 96.9 Å². The molecule has 0 bridgehead atoms. The minimum Gasteiger partial charge on any atom is -0.300 e. The standard InChI is InChI=1S/C15H18O/c1-15(8-7-12(16)10-15)14-9-13(14)11-5-3-2-4-6-11/h2-6,13-14H,7-10H2,1H3. The maximum atomic E-state index is 11.4. The number of hydrogen-bond donors (Lipinski definition) is 0. The van der Waals surface area contributed by atoms with Gasteiger partial charge in [0.25, 0.3) is 0 Å². The van der Waals surface area contributed by atoms with Crippen LogP contribution in [0.25, 0.3) is 0 Å². The molecule has 0 N–H and O–H groups in total. The Hall–Kier alpha value is -1.11. The van der Waals surface area contributed by atoms with Crippen LogP contribution in [-0.4, -0.2) is 5.78 Å². The second kappa shape index (κ2) is 3.44. The third kappa shape index (κ3) is 1.59. The van der Waals surface area contributed by atoms with Crippen molar-refractivity contribution in [2.45, 2.75) is 38.5 Å². The summed E-state index contributed by atoms with van der Waals surface area (Å²) in [4.78, 5) is 11.4. The lowest BCUT2D eigenvalue weighted by atomic mass is 9.81. The maximum Gasteiger partial charge on any atom is 0.133 e. The fourth-order valence-electron chi connectivity index (χ4n) is 3.40. The van der Waals surface area contributed by atoms with E-state index in [1.165, 1.54) is 12.0 Å². The largest absolute Gasteiger partial charge is 0.300 e. The van der Waals surface area contributed by atoms with Gasteiger partial charge in [0.15, 0.2) is 0 Å². The van der Waals surface area contributed by atoms with Crippen molar-refractivity contribution in [3.8, 4) is 0 Å². The molecule has 3 unspecified atom stereocenters. The smallest absolute Gasteiger partial charge is 0.133 e. The van der Waals surface area contributed by atoms with Gasteiger partial charge in [-0.1, -0.05) is 37.3 Å². The molecule has 0 heterocycles. The Balaban J connectivity index is 1.75. The van der Waals surface area contributed by atoms with Crippen molar-refractivity contribution >= 4 is 5.78 Å². The number of carbonyl (C=O) groups is 1. The normalized spacial score (nSPS) is 37.7. The van der Waals surface area contributed by atoms with Crippen molar-refractivity contribution in [2.75, 3.05) is 0 Å². The Morgan fingerprint density at radius 1 is 1.25 bits per heavy atom. The van der Waals surface area contributed by atoms with Crippen molar-refractivity contribution in [1.82, 2.24) is 0 Å². The van der Waals surface area contributed by atoms with Crippen LogP contribution < -0.4 is 0 Å². The number of Topliss-reactive ketones (excluding diaryl/α,β-unsaturated/α-hetero) is 1. The zero-order valence-electron chi connectivity index (χ0n) is 9.78. The molecular formula is C15H18O. The van der Waals surface area contributed by atoms with E-state index in [-0.39, 0.29) is 0 Å². The number of rotatable bonds is 2. The first-order valence-corrected chi connectivity index (χ1v) is 6.26. The summed E-state index contributed by atoms with van der Waals surface area (Å²) >= 11 is 0.